The van der Waals surface area contributed by atoms with Crippen molar-refractivity contribution < 1.29 is 9.72 Å². The SMILES string of the molecule is O=C(Cc1ccncc1)c1ccc([N+](=O)[O-])s1. The number of aromatic nitrogens is 1. The third-order valence-electron chi connectivity index (χ3n) is 2.16. The van der Waals surface area contributed by atoms with Crippen molar-refractivity contribution in [3.05, 3.63) is 57.2 Å². The Morgan fingerprint density at radius 2 is 2.00 bits per heavy atom. The van der Waals surface area contributed by atoms with Crippen LogP contribution >= 0.6 is 11.3 Å². The third kappa shape index (κ3) is 2.73. The van der Waals surface area contributed by atoms with Crippen LogP contribution in [-0.2, 0) is 6.42 Å². The van der Waals surface area contributed by atoms with E-state index in [2.05, 4.69) is 4.98 Å². The summed E-state index contributed by atoms with van der Waals surface area (Å²) in [6.45, 7) is 0. The standard InChI is InChI=1S/C11H8N2O3S/c14-9(7-8-3-5-12-6-4-8)10-1-2-11(17-10)13(15)16/h1-6H,7H2. The smallest absolute Gasteiger partial charge is 0.293 e. The molecule has 2 aromatic heterocycles. The number of hydrogen-bond donors (Lipinski definition) is 0. The normalized spacial score (nSPS) is 10.1. The van der Waals surface area contributed by atoms with Crippen LogP contribution in [0.15, 0.2) is 36.7 Å². The summed E-state index contributed by atoms with van der Waals surface area (Å²) in [5.74, 6) is -0.116. The maximum atomic E-state index is 11.8. The number of pyridine rings is 1. The van der Waals surface area contributed by atoms with E-state index in [1.807, 2.05) is 0 Å². The van der Waals surface area contributed by atoms with Crippen LogP contribution in [0, 0.1) is 10.1 Å². The van der Waals surface area contributed by atoms with Gasteiger partial charge in [0.1, 0.15) is 0 Å². The quantitative estimate of drug-likeness (QED) is 0.473. The Morgan fingerprint density at radius 3 is 2.59 bits per heavy atom. The predicted octanol–water partition coefficient (Wildman–Crippen LogP) is 2.48. The first-order chi connectivity index (χ1) is 8.16. The van der Waals surface area contributed by atoms with Gasteiger partial charge in [0.15, 0.2) is 5.78 Å². The molecule has 0 bridgehead atoms. The lowest BCUT2D eigenvalue weighted by Crippen LogP contribution is -2.00. The minimum atomic E-state index is -0.492. The second-order valence-corrected chi connectivity index (χ2v) is 4.41. The van der Waals surface area contributed by atoms with E-state index in [9.17, 15) is 14.9 Å². The fraction of sp³-hybridized carbons (Fsp3) is 0.0909. The van der Waals surface area contributed by atoms with E-state index in [1.165, 1.54) is 12.1 Å². The van der Waals surface area contributed by atoms with E-state index < -0.39 is 4.92 Å². The maximum absolute atomic E-state index is 11.8. The zero-order valence-electron chi connectivity index (χ0n) is 8.70. The van der Waals surface area contributed by atoms with Gasteiger partial charge in [0.05, 0.1) is 9.80 Å². The molecule has 0 unspecified atom stereocenters. The summed E-state index contributed by atoms with van der Waals surface area (Å²) in [6.07, 6.45) is 3.46. The summed E-state index contributed by atoms with van der Waals surface area (Å²) < 4.78 is 0. The summed E-state index contributed by atoms with van der Waals surface area (Å²) in [5.41, 5.74) is 0.848. The van der Waals surface area contributed by atoms with E-state index in [1.54, 1.807) is 24.5 Å². The lowest BCUT2D eigenvalue weighted by Gasteiger charge is -1.97. The number of ketones is 1. The van der Waals surface area contributed by atoms with Gasteiger partial charge in [-0.1, -0.05) is 11.3 Å². The molecular weight excluding hydrogens is 240 g/mol. The summed E-state index contributed by atoms with van der Waals surface area (Å²) in [7, 11) is 0. The van der Waals surface area contributed by atoms with Gasteiger partial charge >= 0.3 is 5.00 Å². The van der Waals surface area contributed by atoms with Gasteiger partial charge in [0, 0.05) is 24.9 Å². The highest BCUT2D eigenvalue weighted by molar-refractivity contribution is 7.17. The van der Waals surface area contributed by atoms with Crippen LogP contribution in [-0.4, -0.2) is 15.7 Å². The van der Waals surface area contributed by atoms with Gasteiger partial charge in [-0.3, -0.25) is 19.9 Å². The number of Topliss-reactive ketones (excluding diaryl/α,β-unsaturated/α-hetero) is 1. The maximum Gasteiger partial charge on any atom is 0.324 e. The zero-order valence-corrected chi connectivity index (χ0v) is 9.52. The van der Waals surface area contributed by atoms with Gasteiger partial charge < -0.3 is 0 Å². The highest BCUT2D eigenvalue weighted by atomic mass is 32.1. The summed E-state index contributed by atoms with van der Waals surface area (Å²) >= 11 is 0.904. The molecule has 2 rings (SSSR count). The van der Waals surface area contributed by atoms with E-state index in [4.69, 9.17) is 0 Å². The van der Waals surface area contributed by atoms with Gasteiger partial charge in [0.2, 0.25) is 0 Å². The minimum absolute atomic E-state index is 0.0110. The molecule has 0 radical (unpaired) electrons. The summed E-state index contributed by atoms with van der Waals surface area (Å²) in [5, 5.41) is 10.5. The van der Waals surface area contributed by atoms with E-state index in [0.29, 0.717) is 4.88 Å². The van der Waals surface area contributed by atoms with Crippen LogP contribution in [0.2, 0.25) is 0 Å². The van der Waals surface area contributed by atoms with E-state index in [-0.39, 0.29) is 17.2 Å². The molecule has 0 saturated heterocycles. The molecule has 6 heteroatoms. The number of carbonyl (C=O) groups excluding carboxylic acids is 1. The van der Waals surface area contributed by atoms with Crippen molar-refractivity contribution in [1.29, 1.82) is 0 Å². The van der Waals surface area contributed by atoms with Crippen molar-refractivity contribution in [3.8, 4) is 0 Å². The van der Waals surface area contributed by atoms with Crippen molar-refractivity contribution in [2.24, 2.45) is 0 Å². The highest BCUT2D eigenvalue weighted by Crippen LogP contribution is 2.24. The molecule has 17 heavy (non-hydrogen) atoms. The first kappa shape index (κ1) is 11.4. The van der Waals surface area contributed by atoms with Crippen LogP contribution in [0.25, 0.3) is 0 Å². The van der Waals surface area contributed by atoms with Crippen molar-refractivity contribution in [3.63, 3.8) is 0 Å². The molecule has 2 aromatic rings. The second-order valence-electron chi connectivity index (χ2n) is 3.35. The Hall–Kier alpha value is -2.08. The molecule has 0 aliphatic carbocycles. The van der Waals surface area contributed by atoms with Crippen LogP contribution in [0.3, 0.4) is 0 Å². The van der Waals surface area contributed by atoms with Gasteiger partial charge in [-0.25, -0.2) is 0 Å². The number of thiophene rings is 1. The third-order valence-corrected chi connectivity index (χ3v) is 3.24. The van der Waals surface area contributed by atoms with E-state index in [0.717, 1.165) is 16.9 Å². The van der Waals surface area contributed by atoms with Gasteiger partial charge in [0.25, 0.3) is 0 Å². The fourth-order valence-electron chi connectivity index (χ4n) is 1.35. The molecule has 0 aliphatic heterocycles. The fourth-order valence-corrected chi connectivity index (χ4v) is 2.11. The average Bonchev–Trinajstić information content (AvgIpc) is 2.79. The Morgan fingerprint density at radius 1 is 1.29 bits per heavy atom. The molecule has 0 saturated carbocycles. The van der Waals surface area contributed by atoms with Gasteiger partial charge in [-0.15, -0.1) is 0 Å². The largest absolute Gasteiger partial charge is 0.324 e. The van der Waals surface area contributed by atoms with Crippen LogP contribution < -0.4 is 0 Å². The van der Waals surface area contributed by atoms with Crippen molar-refractivity contribution in [2.45, 2.75) is 6.42 Å². The first-order valence-electron chi connectivity index (χ1n) is 4.83. The molecular formula is C11H8N2O3S. The Bertz CT molecular complexity index is 551. The average molecular weight is 248 g/mol. The van der Waals surface area contributed by atoms with Crippen molar-refractivity contribution in [2.75, 3.05) is 0 Å². The molecule has 5 nitrogen and oxygen atoms in total. The van der Waals surface area contributed by atoms with Crippen LogP contribution in [0.1, 0.15) is 15.2 Å². The molecule has 2 heterocycles. The van der Waals surface area contributed by atoms with Crippen LogP contribution in [0.4, 0.5) is 5.00 Å². The lowest BCUT2D eigenvalue weighted by atomic mass is 10.1. The topological polar surface area (TPSA) is 73.1 Å². The minimum Gasteiger partial charge on any atom is -0.293 e. The van der Waals surface area contributed by atoms with Gasteiger partial charge in [-0.2, -0.15) is 0 Å². The molecule has 0 spiro atoms. The number of carbonyl (C=O) groups is 1. The number of rotatable bonds is 4. The zero-order chi connectivity index (χ0) is 12.3. The van der Waals surface area contributed by atoms with Crippen LogP contribution in [0.5, 0.6) is 0 Å². The number of hydrogen-bond acceptors (Lipinski definition) is 5. The number of nitrogens with zero attached hydrogens (tertiary/aromatic N) is 2. The molecule has 0 N–H and O–H groups in total. The predicted molar refractivity (Wildman–Crippen MR) is 63.2 cm³/mol. The number of nitro groups is 1. The summed E-state index contributed by atoms with van der Waals surface area (Å²) in [4.78, 5) is 26.1. The van der Waals surface area contributed by atoms with Crippen molar-refractivity contribution in [1.82, 2.24) is 4.98 Å². The molecule has 86 valence electrons. The second kappa shape index (κ2) is 4.84. The molecule has 0 atom stereocenters. The lowest BCUT2D eigenvalue weighted by molar-refractivity contribution is -0.380. The first-order valence-corrected chi connectivity index (χ1v) is 5.65. The monoisotopic (exact) mass is 248 g/mol. The Balaban J connectivity index is 2.12. The molecule has 0 amide bonds. The van der Waals surface area contributed by atoms with Crippen molar-refractivity contribution >= 4 is 22.1 Å². The molecule has 0 aliphatic rings. The Kier molecular flexibility index (Phi) is 3.24. The van der Waals surface area contributed by atoms with E-state index >= 15 is 0 Å². The van der Waals surface area contributed by atoms with Gasteiger partial charge in [-0.05, 0) is 23.8 Å². The Labute approximate surface area is 101 Å². The molecule has 0 fully saturated rings. The highest BCUT2D eigenvalue weighted by Gasteiger charge is 2.15. The molecule has 0 aromatic carbocycles. The summed E-state index contributed by atoms with van der Waals surface area (Å²) in [6, 6.07) is 6.34.